The molecule has 0 bridgehead atoms. The number of likely N-dealkylation sites (tertiary alicyclic amines) is 1. The molecule has 1 aromatic heterocycles. The Balaban J connectivity index is 2.15. The Morgan fingerprint density at radius 3 is 2.85 bits per heavy atom. The molecule has 0 spiro atoms. The molecule has 1 N–H and O–H groups in total. The van der Waals surface area contributed by atoms with E-state index in [2.05, 4.69) is 10.1 Å². The average Bonchev–Trinajstić information content (AvgIpc) is 2.99. The number of hydrogen-bond acceptors (Lipinski definition) is 5. The van der Waals surface area contributed by atoms with Gasteiger partial charge in [-0.05, 0) is 25.8 Å². The lowest BCUT2D eigenvalue weighted by Crippen LogP contribution is -2.50. The summed E-state index contributed by atoms with van der Waals surface area (Å²) in [5, 5.41) is 13.6. The summed E-state index contributed by atoms with van der Waals surface area (Å²) in [7, 11) is 0. The molecular weight excluding hydrogens is 258 g/mol. The Bertz CT molecular complexity index is 472. The summed E-state index contributed by atoms with van der Waals surface area (Å²) >= 11 is 0. The van der Waals surface area contributed by atoms with Crippen molar-refractivity contribution >= 4 is 5.97 Å². The highest BCUT2D eigenvalue weighted by atomic mass is 16.5. The van der Waals surface area contributed by atoms with Gasteiger partial charge in [0.15, 0.2) is 5.82 Å². The third-order valence-corrected chi connectivity index (χ3v) is 4.00. The number of rotatable bonds is 6. The van der Waals surface area contributed by atoms with Crippen molar-refractivity contribution in [2.75, 3.05) is 6.54 Å². The summed E-state index contributed by atoms with van der Waals surface area (Å²) in [5.41, 5.74) is -0.757. The normalized spacial score (nSPS) is 23.6. The lowest BCUT2D eigenvalue weighted by Gasteiger charge is -2.33. The van der Waals surface area contributed by atoms with Crippen molar-refractivity contribution in [1.29, 1.82) is 0 Å². The molecule has 1 fully saturated rings. The zero-order chi connectivity index (χ0) is 14.8. The number of aliphatic carboxylic acids is 1. The van der Waals surface area contributed by atoms with Crippen LogP contribution in [0.1, 0.15) is 64.1 Å². The molecule has 1 aliphatic heterocycles. The Morgan fingerprint density at radius 1 is 1.55 bits per heavy atom. The van der Waals surface area contributed by atoms with Crippen molar-refractivity contribution in [3.05, 3.63) is 11.7 Å². The summed E-state index contributed by atoms with van der Waals surface area (Å²) < 4.78 is 5.19. The maximum atomic E-state index is 11.7. The van der Waals surface area contributed by atoms with E-state index in [4.69, 9.17) is 4.52 Å². The van der Waals surface area contributed by atoms with Crippen molar-refractivity contribution < 1.29 is 14.4 Å². The first-order chi connectivity index (χ1) is 9.49. The van der Waals surface area contributed by atoms with Crippen LogP contribution >= 0.6 is 0 Å². The van der Waals surface area contributed by atoms with Gasteiger partial charge in [0.1, 0.15) is 5.54 Å². The van der Waals surface area contributed by atoms with E-state index in [1.54, 1.807) is 0 Å². The zero-order valence-corrected chi connectivity index (χ0v) is 12.4. The van der Waals surface area contributed by atoms with E-state index in [1.165, 1.54) is 0 Å². The van der Waals surface area contributed by atoms with E-state index in [1.807, 2.05) is 25.7 Å². The van der Waals surface area contributed by atoms with Gasteiger partial charge in [-0.25, -0.2) is 0 Å². The Labute approximate surface area is 119 Å². The summed E-state index contributed by atoms with van der Waals surface area (Å²) in [6.45, 7) is 7.23. The van der Waals surface area contributed by atoms with Crippen LogP contribution in [0, 0.1) is 0 Å². The molecule has 6 nitrogen and oxygen atoms in total. The van der Waals surface area contributed by atoms with Gasteiger partial charge in [-0.1, -0.05) is 32.3 Å². The van der Waals surface area contributed by atoms with Crippen LogP contribution in [-0.2, 0) is 11.3 Å². The maximum absolute atomic E-state index is 11.7. The molecule has 1 aromatic rings. The number of carboxylic acid groups (broad SMARTS) is 1. The first kappa shape index (κ1) is 15.0. The van der Waals surface area contributed by atoms with Crippen LogP contribution in [0.5, 0.6) is 0 Å². The van der Waals surface area contributed by atoms with Gasteiger partial charge in [0.05, 0.1) is 6.54 Å². The number of hydrogen-bond donors (Lipinski definition) is 1. The van der Waals surface area contributed by atoms with Crippen LogP contribution in [0.15, 0.2) is 4.52 Å². The standard InChI is InChI=1S/C14H23N3O3/c1-4-6-14(13(18)19)7-5-8-17(14)9-11-15-12(10(2)3)20-16-11/h10H,4-9H2,1-3H3,(H,18,19). The lowest BCUT2D eigenvalue weighted by molar-refractivity contribution is -0.150. The van der Waals surface area contributed by atoms with E-state index in [9.17, 15) is 9.90 Å². The molecule has 0 amide bonds. The van der Waals surface area contributed by atoms with Crippen LogP contribution in [0.4, 0.5) is 0 Å². The third-order valence-electron chi connectivity index (χ3n) is 4.00. The van der Waals surface area contributed by atoms with E-state index >= 15 is 0 Å². The molecular formula is C14H23N3O3. The van der Waals surface area contributed by atoms with Crippen LogP contribution in [0.25, 0.3) is 0 Å². The molecule has 1 saturated heterocycles. The SMILES string of the molecule is CCCC1(C(=O)O)CCCN1Cc1noc(C(C)C)n1. The third kappa shape index (κ3) is 2.70. The molecule has 0 aromatic carbocycles. The van der Waals surface area contributed by atoms with Gasteiger partial charge in [-0.15, -0.1) is 0 Å². The van der Waals surface area contributed by atoms with Crippen molar-refractivity contribution in [3.8, 4) is 0 Å². The molecule has 20 heavy (non-hydrogen) atoms. The predicted molar refractivity (Wildman–Crippen MR) is 73.3 cm³/mol. The minimum atomic E-state index is -0.757. The largest absolute Gasteiger partial charge is 0.480 e. The van der Waals surface area contributed by atoms with Gasteiger partial charge in [-0.2, -0.15) is 4.98 Å². The lowest BCUT2D eigenvalue weighted by atomic mass is 9.90. The Hall–Kier alpha value is -1.43. The highest BCUT2D eigenvalue weighted by molar-refractivity contribution is 5.79. The fraction of sp³-hybridized carbons (Fsp3) is 0.786. The topological polar surface area (TPSA) is 79.5 Å². The van der Waals surface area contributed by atoms with Crippen molar-refractivity contribution in [2.45, 2.75) is 64.5 Å². The second kappa shape index (κ2) is 5.91. The van der Waals surface area contributed by atoms with Gasteiger partial charge in [0.25, 0.3) is 0 Å². The van der Waals surface area contributed by atoms with Gasteiger partial charge in [0.2, 0.25) is 5.89 Å². The summed E-state index contributed by atoms with van der Waals surface area (Å²) in [4.78, 5) is 18.1. The molecule has 1 aliphatic rings. The summed E-state index contributed by atoms with van der Waals surface area (Å²) in [6.07, 6.45) is 3.12. The fourth-order valence-corrected chi connectivity index (χ4v) is 2.95. The van der Waals surface area contributed by atoms with E-state index in [0.29, 0.717) is 31.1 Å². The quantitative estimate of drug-likeness (QED) is 0.862. The van der Waals surface area contributed by atoms with Gasteiger partial charge >= 0.3 is 5.97 Å². The molecule has 2 rings (SSSR count). The maximum Gasteiger partial charge on any atom is 0.324 e. The van der Waals surface area contributed by atoms with Crippen molar-refractivity contribution in [3.63, 3.8) is 0 Å². The van der Waals surface area contributed by atoms with Crippen molar-refractivity contribution in [2.24, 2.45) is 0 Å². The molecule has 112 valence electrons. The molecule has 0 radical (unpaired) electrons. The van der Waals surface area contributed by atoms with Crippen LogP contribution in [-0.4, -0.2) is 38.2 Å². The number of nitrogens with zero attached hydrogens (tertiary/aromatic N) is 3. The minimum Gasteiger partial charge on any atom is -0.480 e. The average molecular weight is 281 g/mol. The highest BCUT2D eigenvalue weighted by Gasteiger charge is 2.47. The summed E-state index contributed by atoms with van der Waals surface area (Å²) in [6, 6.07) is 0. The van der Waals surface area contributed by atoms with Gasteiger partial charge in [0, 0.05) is 5.92 Å². The van der Waals surface area contributed by atoms with E-state index < -0.39 is 11.5 Å². The summed E-state index contributed by atoms with van der Waals surface area (Å²) in [5.74, 6) is 0.645. The molecule has 1 unspecified atom stereocenters. The van der Waals surface area contributed by atoms with Crippen LogP contribution in [0.3, 0.4) is 0 Å². The number of carboxylic acids is 1. The monoisotopic (exact) mass is 281 g/mol. The van der Waals surface area contributed by atoms with E-state index in [0.717, 1.165) is 19.4 Å². The van der Waals surface area contributed by atoms with Crippen molar-refractivity contribution in [1.82, 2.24) is 15.0 Å². The zero-order valence-electron chi connectivity index (χ0n) is 12.4. The fourth-order valence-electron chi connectivity index (χ4n) is 2.95. The molecule has 0 saturated carbocycles. The van der Waals surface area contributed by atoms with Crippen LogP contribution in [0.2, 0.25) is 0 Å². The first-order valence-electron chi connectivity index (χ1n) is 7.30. The predicted octanol–water partition coefficient (Wildman–Crippen LogP) is 2.41. The first-order valence-corrected chi connectivity index (χ1v) is 7.30. The number of carbonyl (C=O) groups is 1. The molecule has 6 heteroatoms. The number of aromatic nitrogens is 2. The smallest absolute Gasteiger partial charge is 0.324 e. The molecule has 0 aliphatic carbocycles. The molecule has 1 atom stereocenters. The minimum absolute atomic E-state index is 0.190. The van der Waals surface area contributed by atoms with Gasteiger partial charge < -0.3 is 9.63 Å². The Kier molecular flexibility index (Phi) is 4.42. The van der Waals surface area contributed by atoms with E-state index in [-0.39, 0.29) is 5.92 Å². The van der Waals surface area contributed by atoms with Crippen LogP contribution < -0.4 is 0 Å². The van der Waals surface area contributed by atoms with Gasteiger partial charge in [-0.3, -0.25) is 9.69 Å². The second-order valence-corrected chi connectivity index (χ2v) is 5.82. The molecule has 2 heterocycles. The Morgan fingerprint density at radius 2 is 2.30 bits per heavy atom. The second-order valence-electron chi connectivity index (χ2n) is 5.82. The highest BCUT2D eigenvalue weighted by Crippen LogP contribution is 2.35.